The summed E-state index contributed by atoms with van der Waals surface area (Å²) in [6.45, 7) is 1.24. The van der Waals surface area contributed by atoms with Gasteiger partial charge in [-0.1, -0.05) is 18.2 Å². The fraction of sp³-hybridized carbons (Fsp3) is 0.286. The minimum Gasteiger partial charge on any atom is -0.404 e. The van der Waals surface area contributed by atoms with Crippen LogP contribution in [0.25, 0.3) is 0 Å². The second kappa shape index (κ2) is 6.21. The predicted octanol–water partition coefficient (Wildman–Crippen LogP) is 2.86. The molecule has 0 atom stereocenters. The van der Waals surface area contributed by atoms with E-state index in [1.807, 2.05) is 38.4 Å². The zero-order chi connectivity index (χ0) is 14.5. The van der Waals surface area contributed by atoms with Crippen LogP contribution >= 0.6 is 0 Å². The van der Waals surface area contributed by atoms with E-state index >= 15 is 0 Å². The summed E-state index contributed by atoms with van der Waals surface area (Å²) in [6, 6.07) is 10.9. The van der Waals surface area contributed by atoms with Crippen LogP contribution in [0.4, 0.5) is 11.6 Å². The van der Waals surface area contributed by atoms with E-state index in [0.717, 1.165) is 12.2 Å². The highest BCUT2D eigenvalue weighted by Crippen LogP contribution is 2.20. The molecule has 6 nitrogen and oxygen atoms in total. The van der Waals surface area contributed by atoms with Crippen molar-refractivity contribution >= 4 is 11.6 Å². The van der Waals surface area contributed by atoms with Crippen LogP contribution in [-0.2, 0) is 13.1 Å². The highest BCUT2D eigenvalue weighted by Gasteiger charge is 2.11. The maximum Gasteiger partial charge on any atom is 0.433 e. The van der Waals surface area contributed by atoms with Crippen molar-refractivity contribution in [2.75, 3.05) is 19.4 Å². The van der Waals surface area contributed by atoms with Gasteiger partial charge < -0.3 is 14.6 Å². The van der Waals surface area contributed by atoms with Crippen LogP contribution in [0.3, 0.4) is 0 Å². The Morgan fingerprint density at radius 1 is 1.25 bits per heavy atom. The van der Waals surface area contributed by atoms with E-state index in [4.69, 9.17) is 4.42 Å². The number of hydrogen-bond acceptors (Lipinski definition) is 5. The summed E-state index contributed by atoms with van der Waals surface area (Å²) in [4.78, 5) is 12.1. The lowest BCUT2D eigenvalue weighted by atomic mass is 10.1. The zero-order valence-electron chi connectivity index (χ0n) is 11.5. The van der Waals surface area contributed by atoms with E-state index in [0.29, 0.717) is 12.3 Å². The van der Waals surface area contributed by atoms with Gasteiger partial charge in [0.15, 0.2) is 0 Å². The smallest absolute Gasteiger partial charge is 0.404 e. The first-order valence-corrected chi connectivity index (χ1v) is 6.26. The molecule has 0 saturated carbocycles. The van der Waals surface area contributed by atoms with Gasteiger partial charge >= 0.3 is 5.88 Å². The Morgan fingerprint density at radius 2 is 2.00 bits per heavy atom. The highest BCUT2D eigenvalue weighted by molar-refractivity contribution is 5.51. The number of hydrogen-bond donors (Lipinski definition) is 1. The molecule has 1 N–H and O–H groups in total. The second-order valence-corrected chi connectivity index (χ2v) is 4.75. The van der Waals surface area contributed by atoms with E-state index in [-0.39, 0.29) is 5.88 Å². The van der Waals surface area contributed by atoms with Crippen LogP contribution in [-0.4, -0.2) is 23.9 Å². The number of para-hydroxylation sites is 1. The first kappa shape index (κ1) is 14.1. The molecule has 6 heteroatoms. The average molecular weight is 275 g/mol. The third kappa shape index (κ3) is 3.58. The van der Waals surface area contributed by atoms with Gasteiger partial charge in [-0.05, 0) is 31.8 Å². The number of benzene rings is 1. The third-order valence-electron chi connectivity index (χ3n) is 2.78. The number of furan rings is 1. The Morgan fingerprint density at radius 3 is 2.65 bits per heavy atom. The first-order valence-electron chi connectivity index (χ1n) is 6.26. The molecule has 0 bridgehead atoms. The maximum atomic E-state index is 10.5. The first-order chi connectivity index (χ1) is 9.56. The monoisotopic (exact) mass is 275 g/mol. The van der Waals surface area contributed by atoms with Crippen LogP contribution in [0.5, 0.6) is 0 Å². The quantitative estimate of drug-likeness (QED) is 0.648. The Labute approximate surface area is 117 Å². The Bertz CT molecular complexity index is 593. The van der Waals surface area contributed by atoms with Crippen molar-refractivity contribution < 1.29 is 9.34 Å². The molecule has 2 aromatic rings. The average Bonchev–Trinajstić information content (AvgIpc) is 2.86. The fourth-order valence-electron chi connectivity index (χ4n) is 1.91. The summed E-state index contributed by atoms with van der Waals surface area (Å²) in [5.74, 6) is 0.305. The van der Waals surface area contributed by atoms with Gasteiger partial charge in [-0.25, -0.2) is 0 Å². The summed E-state index contributed by atoms with van der Waals surface area (Å²) in [7, 11) is 4.01. The molecule has 2 rings (SSSR count). The number of nitro groups is 1. The van der Waals surface area contributed by atoms with Crippen molar-refractivity contribution in [2.24, 2.45) is 0 Å². The van der Waals surface area contributed by atoms with Gasteiger partial charge in [-0.15, -0.1) is 0 Å². The minimum atomic E-state index is -0.538. The van der Waals surface area contributed by atoms with Gasteiger partial charge in [0.2, 0.25) is 0 Å². The van der Waals surface area contributed by atoms with Gasteiger partial charge in [0.25, 0.3) is 0 Å². The number of anilines is 1. The summed E-state index contributed by atoms with van der Waals surface area (Å²) in [6.07, 6.45) is 0. The largest absolute Gasteiger partial charge is 0.433 e. The standard InChI is InChI=1S/C14H17N3O3/c1-16(2)10-11-5-3-4-6-13(11)15-9-12-7-8-14(20-12)17(18)19/h3-8,15H,9-10H2,1-2H3. The van der Waals surface area contributed by atoms with Crippen LogP contribution in [0.1, 0.15) is 11.3 Å². The Kier molecular flexibility index (Phi) is 4.37. The van der Waals surface area contributed by atoms with Crippen molar-refractivity contribution in [2.45, 2.75) is 13.1 Å². The maximum absolute atomic E-state index is 10.5. The second-order valence-electron chi connectivity index (χ2n) is 4.75. The van der Waals surface area contributed by atoms with Crippen molar-refractivity contribution in [1.82, 2.24) is 4.90 Å². The molecule has 0 aliphatic carbocycles. The lowest BCUT2D eigenvalue weighted by molar-refractivity contribution is -0.402. The van der Waals surface area contributed by atoms with E-state index in [9.17, 15) is 10.1 Å². The molecule has 0 saturated heterocycles. The molecular formula is C14H17N3O3. The van der Waals surface area contributed by atoms with Crippen LogP contribution < -0.4 is 5.32 Å². The fourth-order valence-corrected chi connectivity index (χ4v) is 1.91. The Balaban J connectivity index is 2.04. The predicted molar refractivity (Wildman–Crippen MR) is 76.5 cm³/mol. The van der Waals surface area contributed by atoms with E-state index < -0.39 is 4.92 Å². The molecule has 1 heterocycles. The molecule has 0 aliphatic rings. The van der Waals surface area contributed by atoms with Gasteiger partial charge in [-0.3, -0.25) is 10.1 Å². The van der Waals surface area contributed by atoms with Gasteiger partial charge in [-0.2, -0.15) is 0 Å². The molecule has 0 fully saturated rings. The molecule has 0 unspecified atom stereocenters. The van der Waals surface area contributed by atoms with Gasteiger partial charge in [0, 0.05) is 12.2 Å². The zero-order valence-corrected chi connectivity index (χ0v) is 11.5. The van der Waals surface area contributed by atoms with E-state index in [1.165, 1.54) is 11.6 Å². The van der Waals surface area contributed by atoms with Crippen molar-refractivity contribution in [3.8, 4) is 0 Å². The van der Waals surface area contributed by atoms with E-state index in [2.05, 4.69) is 10.2 Å². The minimum absolute atomic E-state index is 0.233. The van der Waals surface area contributed by atoms with Crippen molar-refractivity contribution in [3.63, 3.8) is 0 Å². The molecule has 106 valence electrons. The van der Waals surface area contributed by atoms with Crippen LogP contribution in [0.2, 0.25) is 0 Å². The molecule has 1 aromatic heterocycles. The van der Waals surface area contributed by atoms with Crippen molar-refractivity contribution in [3.05, 3.63) is 57.8 Å². The molecule has 0 aliphatic heterocycles. The lowest BCUT2D eigenvalue weighted by Crippen LogP contribution is -2.12. The summed E-state index contributed by atoms with van der Waals surface area (Å²) in [5.41, 5.74) is 2.17. The molecule has 1 aromatic carbocycles. The summed E-state index contributed by atoms with van der Waals surface area (Å²) < 4.78 is 5.12. The van der Waals surface area contributed by atoms with E-state index in [1.54, 1.807) is 6.07 Å². The lowest BCUT2D eigenvalue weighted by Gasteiger charge is -2.14. The third-order valence-corrected chi connectivity index (χ3v) is 2.78. The molecule has 0 radical (unpaired) electrons. The highest BCUT2D eigenvalue weighted by atomic mass is 16.6. The summed E-state index contributed by atoms with van der Waals surface area (Å²) >= 11 is 0. The van der Waals surface area contributed by atoms with Crippen LogP contribution in [0, 0.1) is 10.1 Å². The normalized spacial score (nSPS) is 10.8. The molecule has 0 amide bonds. The van der Waals surface area contributed by atoms with Gasteiger partial charge in [0.05, 0.1) is 12.6 Å². The molecular weight excluding hydrogens is 258 g/mol. The number of nitrogens with zero attached hydrogens (tertiary/aromatic N) is 2. The Hall–Kier alpha value is -2.34. The van der Waals surface area contributed by atoms with Gasteiger partial charge in [0.1, 0.15) is 10.7 Å². The summed E-state index contributed by atoms with van der Waals surface area (Å²) in [5, 5.41) is 13.8. The SMILES string of the molecule is CN(C)Cc1ccccc1NCc1ccc([N+](=O)[O-])o1. The topological polar surface area (TPSA) is 71.5 Å². The van der Waals surface area contributed by atoms with Crippen molar-refractivity contribution in [1.29, 1.82) is 0 Å². The van der Waals surface area contributed by atoms with Crippen LogP contribution in [0.15, 0.2) is 40.8 Å². The molecule has 0 spiro atoms. The number of nitrogens with one attached hydrogen (secondary N) is 1. The molecule has 20 heavy (non-hydrogen) atoms. The number of rotatable bonds is 6.